The summed E-state index contributed by atoms with van der Waals surface area (Å²) in [6.45, 7) is 0.539. The summed E-state index contributed by atoms with van der Waals surface area (Å²) in [5.41, 5.74) is 0.332. The monoisotopic (exact) mass is 378 g/mol. The molecule has 0 spiro atoms. The Kier molecular flexibility index (Phi) is 7.93. The lowest BCUT2D eigenvalue weighted by Gasteiger charge is -2.19. The minimum absolute atomic E-state index is 0.144. The maximum absolute atomic E-state index is 11.2. The van der Waals surface area contributed by atoms with Gasteiger partial charge >= 0.3 is 7.82 Å². The highest BCUT2D eigenvalue weighted by Crippen LogP contribution is 2.50. The first kappa shape index (κ1) is 21.3. The number of phosphoric ester groups is 1. The van der Waals surface area contributed by atoms with Crippen LogP contribution in [-0.4, -0.2) is 39.3 Å². The molecule has 0 aromatic carbocycles. The van der Waals surface area contributed by atoms with E-state index in [2.05, 4.69) is 0 Å². The minimum atomic E-state index is -4.45. The average Bonchev–Trinajstić information content (AvgIpc) is 3.46. The molecule has 0 saturated heterocycles. The molecule has 1 unspecified atom stereocenters. The molecule has 2 fully saturated rings. The summed E-state index contributed by atoms with van der Waals surface area (Å²) >= 11 is 0. The van der Waals surface area contributed by atoms with Crippen molar-refractivity contribution in [2.24, 2.45) is 10.8 Å². The van der Waals surface area contributed by atoms with Crippen LogP contribution < -0.4 is 0 Å². The molecule has 0 aromatic heterocycles. The van der Waals surface area contributed by atoms with Crippen LogP contribution in [0, 0.1) is 10.8 Å². The third-order valence-corrected chi connectivity index (χ3v) is 6.66. The second-order valence-corrected chi connectivity index (χ2v) is 9.57. The zero-order valence-electron chi connectivity index (χ0n) is 15.2. The predicted molar refractivity (Wildman–Crippen MR) is 96.0 cm³/mol. The molecule has 0 aromatic rings. The van der Waals surface area contributed by atoms with E-state index in [1.54, 1.807) is 0 Å². The lowest BCUT2D eigenvalue weighted by molar-refractivity contribution is 0.114. The second-order valence-electron chi connectivity index (χ2n) is 8.38. The largest absolute Gasteiger partial charge is 0.469 e. The van der Waals surface area contributed by atoms with E-state index >= 15 is 0 Å². The Hall–Kier alpha value is 0.0300. The van der Waals surface area contributed by atoms with Crippen molar-refractivity contribution in [2.75, 3.05) is 13.2 Å². The number of unbranched alkanes of at least 4 members (excludes halogenated alkanes) is 3. The molecule has 2 aliphatic rings. The van der Waals surface area contributed by atoms with Crippen LogP contribution >= 0.6 is 7.82 Å². The molecule has 6 nitrogen and oxygen atoms in total. The summed E-state index contributed by atoms with van der Waals surface area (Å²) < 4.78 is 16.1. The van der Waals surface area contributed by atoms with Gasteiger partial charge in [0.15, 0.2) is 0 Å². The quantitative estimate of drug-likeness (QED) is 0.257. The summed E-state index contributed by atoms with van der Waals surface area (Å²) in [4.78, 5) is 18.2. The summed E-state index contributed by atoms with van der Waals surface area (Å²) in [6, 6.07) is 0. The van der Waals surface area contributed by atoms with Crippen molar-refractivity contribution in [3.63, 3.8) is 0 Å². The number of aliphatic hydroxyl groups is 2. The minimum Gasteiger partial charge on any atom is -0.396 e. The van der Waals surface area contributed by atoms with Gasteiger partial charge in [0.2, 0.25) is 0 Å². The lowest BCUT2D eigenvalue weighted by Crippen LogP contribution is -2.13. The zero-order valence-corrected chi connectivity index (χ0v) is 16.1. The molecule has 25 heavy (non-hydrogen) atoms. The van der Waals surface area contributed by atoms with E-state index in [4.69, 9.17) is 14.3 Å². The lowest BCUT2D eigenvalue weighted by atomic mass is 9.96. The second kappa shape index (κ2) is 9.29. The molecule has 0 heterocycles. The van der Waals surface area contributed by atoms with Crippen molar-refractivity contribution < 1.29 is 29.1 Å². The normalized spacial score (nSPS) is 21.9. The van der Waals surface area contributed by atoms with Crippen LogP contribution in [0.25, 0.3) is 0 Å². The summed E-state index contributed by atoms with van der Waals surface area (Å²) in [7, 11) is -4.45. The molecule has 0 amide bonds. The summed E-state index contributed by atoms with van der Waals surface area (Å²) in [5.74, 6) is 0. The molecule has 2 saturated carbocycles. The van der Waals surface area contributed by atoms with Gasteiger partial charge < -0.3 is 20.0 Å². The number of aliphatic hydroxyl groups excluding tert-OH is 2. The van der Waals surface area contributed by atoms with Gasteiger partial charge in [-0.2, -0.15) is 0 Å². The fraction of sp³-hybridized carbons (Fsp3) is 1.00. The summed E-state index contributed by atoms with van der Waals surface area (Å²) in [6.07, 6.45) is 12.2. The van der Waals surface area contributed by atoms with Crippen molar-refractivity contribution in [2.45, 2.75) is 89.6 Å². The number of phosphoric acid groups is 1. The summed E-state index contributed by atoms with van der Waals surface area (Å²) in [5, 5.41) is 18.6. The van der Waals surface area contributed by atoms with E-state index in [1.807, 2.05) is 0 Å². The van der Waals surface area contributed by atoms with Gasteiger partial charge in [-0.3, -0.25) is 4.52 Å². The molecule has 148 valence electrons. The van der Waals surface area contributed by atoms with E-state index in [1.165, 1.54) is 0 Å². The van der Waals surface area contributed by atoms with Crippen LogP contribution in [0.1, 0.15) is 83.5 Å². The van der Waals surface area contributed by atoms with Gasteiger partial charge in [-0.1, -0.05) is 32.1 Å². The van der Waals surface area contributed by atoms with Crippen molar-refractivity contribution in [3.05, 3.63) is 0 Å². The smallest absolute Gasteiger partial charge is 0.396 e. The molecule has 0 bridgehead atoms. The first-order chi connectivity index (χ1) is 11.8. The molecular formula is C18H35O6P. The van der Waals surface area contributed by atoms with Gasteiger partial charge in [0.1, 0.15) is 0 Å². The Labute approximate surface area is 151 Å². The Morgan fingerprint density at radius 1 is 0.800 bits per heavy atom. The zero-order chi connectivity index (χ0) is 18.4. The van der Waals surface area contributed by atoms with E-state index in [-0.39, 0.29) is 24.0 Å². The molecule has 0 aliphatic heterocycles. The van der Waals surface area contributed by atoms with E-state index in [0.29, 0.717) is 12.8 Å². The number of hydrogen-bond acceptors (Lipinski definition) is 4. The first-order valence-electron chi connectivity index (χ1n) is 9.78. The van der Waals surface area contributed by atoms with Crippen LogP contribution in [0.5, 0.6) is 0 Å². The molecular weight excluding hydrogens is 343 g/mol. The van der Waals surface area contributed by atoms with Crippen LogP contribution in [-0.2, 0) is 9.09 Å². The predicted octanol–water partition coefficient (Wildman–Crippen LogP) is 3.52. The maximum atomic E-state index is 11.2. The van der Waals surface area contributed by atoms with E-state index in [9.17, 15) is 14.8 Å². The van der Waals surface area contributed by atoms with Gasteiger partial charge in [0, 0.05) is 13.2 Å². The molecule has 7 heteroatoms. The number of hydrogen-bond donors (Lipinski definition) is 4. The van der Waals surface area contributed by atoms with Crippen LogP contribution in [0.15, 0.2) is 0 Å². The average molecular weight is 378 g/mol. The Bertz CT molecular complexity index is 441. The Morgan fingerprint density at radius 2 is 1.24 bits per heavy atom. The highest BCUT2D eigenvalue weighted by Gasteiger charge is 2.41. The van der Waals surface area contributed by atoms with Crippen LogP contribution in [0.2, 0.25) is 0 Å². The van der Waals surface area contributed by atoms with E-state index in [0.717, 1.165) is 70.6 Å². The molecule has 0 radical (unpaired) electrons. The Morgan fingerprint density at radius 3 is 1.64 bits per heavy atom. The highest BCUT2D eigenvalue weighted by atomic mass is 31.2. The maximum Gasteiger partial charge on any atom is 0.469 e. The Balaban J connectivity index is 1.60. The molecule has 2 rings (SSSR count). The van der Waals surface area contributed by atoms with Gasteiger partial charge in [-0.15, -0.1) is 0 Å². The van der Waals surface area contributed by atoms with Crippen LogP contribution in [0.4, 0.5) is 0 Å². The van der Waals surface area contributed by atoms with Gasteiger partial charge in [0.25, 0.3) is 0 Å². The number of rotatable bonds is 15. The molecule has 1 atom stereocenters. The van der Waals surface area contributed by atoms with Crippen molar-refractivity contribution in [3.8, 4) is 0 Å². The fourth-order valence-electron chi connectivity index (χ4n) is 3.69. The van der Waals surface area contributed by atoms with Gasteiger partial charge in [0.05, 0.1) is 6.10 Å². The van der Waals surface area contributed by atoms with Crippen molar-refractivity contribution in [1.29, 1.82) is 0 Å². The third-order valence-electron chi connectivity index (χ3n) is 6.09. The topological polar surface area (TPSA) is 107 Å². The van der Waals surface area contributed by atoms with E-state index < -0.39 is 13.9 Å². The molecule has 4 N–H and O–H groups in total. The van der Waals surface area contributed by atoms with Crippen molar-refractivity contribution in [1.82, 2.24) is 0 Å². The fourth-order valence-corrected chi connectivity index (χ4v) is 4.29. The van der Waals surface area contributed by atoms with Crippen molar-refractivity contribution >= 4 is 7.82 Å². The first-order valence-corrected chi connectivity index (χ1v) is 11.3. The van der Waals surface area contributed by atoms with Crippen LogP contribution in [0.3, 0.4) is 0 Å². The standard InChI is InChI=1S/C18H35O6P/c19-14-17(10-11-17)8-4-1-2-6-16(24-25(21,22)23)7-3-5-9-18(15-20)12-13-18/h16,19-20H,1-15H2,(H2,21,22,23). The molecule has 2 aliphatic carbocycles. The van der Waals surface area contributed by atoms with Gasteiger partial charge in [-0.05, 0) is 62.2 Å². The van der Waals surface area contributed by atoms with Gasteiger partial charge in [-0.25, -0.2) is 4.57 Å². The SMILES string of the molecule is O=P(O)(O)OC(CCCCCC1(CO)CC1)CCCCC1(CO)CC1. The third kappa shape index (κ3) is 8.06. The highest BCUT2D eigenvalue weighted by molar-refractivity contribution is 7.46.